The van der Waals surface area contributed by atoms with Gasteiger partial charge in [0.2, 0.25) is 5.13 Å². The lowest BCUT2D eigenvalue weighted by Crippen LogP contribution is -2.00. The fourth-order valence-electron chi connectivity index (χ4n) is 2.36. The number of ether oxygens (including phenoxy) is 2. The lowest BCUT2D eigenvalue weighted by Gasteiger charge is -2.10. The number of hydrogen-bond donors (Lipinski definition) is 1. The van der Waals surface area contributed by atoms with E-state index >= 15 is 0 Å². The van der Waals surface area contributed by atoms with E-state index in [9.17, 15) is 0 Å². The topological polar surface area (TPSA) is 55.7 Å². The molecule has 3 rings (SSSR count). The van der Waals surface area contributed by atoms with Crippen molar-refractivity contribution in [3.05, 3.63) is 84.8 Å². The maximum Gasteiger partial charge on any atom is 0.203 e. The van der Waals surface area contributed by atoms with E-state index in [2.05, 4.69) is 28.7 Å². The third-order valence-electron chi connectivity index (χ3n) is 3.65. The zero-order chi connectivity index (χ0) is 19.6. The monoisotopic (exact) mass is 391 g/mol. The van der Waals surface area contributed by atoms with Gasteiger partial charge in [0.1, 0.15) is 24.7 Å². The van der Waals surface area contributed by atoms with Crippen LogP contribution in [0.4, 0.5) is 5.13 Å². The quantitative estimate of drug-likeness (QED) is 0.286. The Labute approximate surface area is 168 Å². The first-order valence-electron chi connectivity index (χ1n) is 8.71. The standard InChI is InChI=1S/C22H21N3O2S/c1-3-12-26-19-11-10-18(21(14-19)27-13-4-2)15-23-25-22-24-20(16-28-22)17-8-6-5-7-9-17/h3-11,14-16H,1-2,12-13H2,(H,24,25). The molecule has 0 unspecified atom stereocenters. The van der Waals surface area contributed by atoms with Gasteiger partial charge in [0.15, 0.2) is 0 Å². The number of thiazole rings is 1. The van der Waals surface area contributed by atoms with Crippen LogP contribution in [-0.2, 0) is 0 Å². The van der Waals surface area contributed by atoms with Crippen molar-refractivity contribution in [3.63, 3.8) is 0 Å². The number of anilines is 1. The number of nitrogens with one attached hydrogen (secondary N) is 1. The van der Waals surface area contributed by atoms with Crippen molar-refractivity contribution in [1.29, 1.82) is 0 Å². The van der Waals surface area contributed by atoms with E-state index in [0.29, 0.717) is 24.7 Å². The van der Waals surface area contributed by atoms with Gasteiger partial charge in [-0.15, -0.1) is 11.3 Å². The Balaban J connectivity index is 1.70. The van der Waals surface area contributed by atoms with E-state index in [4.69, 9.17) is 9.47 Å². The van der Waals surface area contributed by atoms with Crippen LogP contribution in [-0.4, -0.2) is 24.4 Å². The third-order valence-corrected chi connectivity index (χ3v) is 4.39. The number of nitrogens with zero attached hydrogens (tertiary/aromatic N) is 2. The SMILES string of the molecule is C=CCOc1ccc(C=NNc2nc(-c3ccccc3)cs2)c(OCC=C)c1. The zero-order valence-corrected chi connectivity index (χ0v) is 16.2. The first-order valence-corrected chi connectivity index (χ1v) is 9.59. The van der Waals surface area contributed by atoms with E-state index in [1.807, 2.05) is 53.9 Å². The van der Waals surface area contributed by atoms with Crippen LogP contribution < -0.4 is 14.9 Å². The minimum Gasteiger partial charge on any atom is -0.489 e. The minimum atomic E-state index is 0.395. The fourth-order valence-corrected chi connectivity index (χ4v) is 3.03. The molecule has 0 radical (unpaired) electrons. The Kier molecular flexibility index (Phi) is 6.98. The molecule has 6 heteroatoms. The lowest BCUT2D eigenvalue weighted by molar-refractivity contribution is 0.344. The molecular weight excluding hydrogens is 370 g/mol. The molecule has 142 valence electrons. The Morgan fingerprint density at radius 2 is 1.82 bits per heavy atom. The van der Waals surface area contributed by atoms with Crippen LogP contribution in [0, 0.1) is 0 Å². The highest BCUT2D eigenvalue weighted by Gasteiger charge is 2.06. The molecule has 3 aromatic rings. The molecular formula is C22H21N3O2S. The summed E-state index contributed by atoms with van der Waals surface area (Å²) in [6, 6.07) is 15.6. The zero-order valence-electron chi connectivity index (χ0n) is 15.4. The Bertz CT molecular complexity index is 951. The molecule has 0 aliphatic heterocycles. The van der Waals surface area contributed by atoms with Gasteiger partial charge in [-0.1, -0.05) is 55.6 Å². The minimum absolute atomic E-state index is 0.395. The highest BCUT2D eigenvalue weighted by molar-refractivity contribution is 7.14. The van der Waals surface area contributed by atoms with Gasteiger partial charge in [0, 0.05) is 22.6 Å². The van der Waals surface area contributed by atoms with Crippen LogP contribution >= 0.6 is 11.3 Å². The molecule has 0 amide bonds. The average molecular weight is 391 g/mol. The van der Waals surface area contributed by atoms with Gasteiger partial charge < -0.3 is 9.47 Å². The number of hydrogen-bond acceptors (Lipinski definition) is 6. The maximum absolute atomic E-state index is 5.72. The number of rotatable bonds is 10. The van der Waals surface area contributed by atoms with Gasteiger partial charge in [-0.25, -0.2) is 4.98 Å². The summed E-state index contributed by atoms with van der Waals surface area (Å²) in [6.45, 7) is 8.17. The molecule has 0 aliphatic rings. The number of aromatic nitrogens is 1. The summed E-state index contributed by atoms with van der Waals surface area (Å²) in [5, 5.41) is 7.00. The van der Waals surface area contributed by atoms with Crippen LogP contribution in [0.2, 0.25) is 0 Å². The van der Waals surface area contributed by atoms with Crippen molar-refractivity contribution in [2.24, 2.45) is 5.10 Å². The Morgan fingerprint density at radius 3 is 2.61 bits per heavy atom. The molecule has 0 aliphatic carbocycles. The van der Waals surface area contributed by atoms with Crippen molar-refractivity contribution in [3.8, 4) is 22.8 Å². The maximum atomic E-state index is 5.72. The molecule has 0 bridgehead atoms. The van der Waals surface area contributed by atoms with Gasteiger partial charge in [-0.05, 0) is 12.1 Å². The molecule has 28 heavy (non-hydrogen) atoms. The summed E-state index contributed by atoms with van der Waals surface area (Å²) in [4.78, 5) is 4.55. The van der Waals surface area contributed by atoms with Crippen LogP contribution in [0.1, 0.15) is 5.56 Å². The van der Waals surface area contributed by atoms with Crippen molar-refractivity contribution in [2.45, 2.75) is 0 Å². The second-order valence-corrected chi connectivity index (χ2v) is 6.53. The van der Waals surface area contributed by atoms with Gasteiger partial charge in [-0.3, -0.25) is 5.43 Å². The van der Waals surface area contributed by atoms with E-state index < -0.39 is 0 Å². The van der Waals surface area contributed by atoms with Gasteiger partial charge >= 0.3 is 0 Å². The summed E-state index contributed by atoms with van der Waals surface area (Å²) >= 11 is 1.50. The Morgan fingerprint density at radius 1 is 1.04 bits per heavy atom. The molecule has 1 aromatic heterocycles. The normalized spacial score (nSPS) is 10.6. The van der Waals surface area contributed by atoms with Gasteiger partial charge in [0.05, 0.1) is 11.9 Å². The van der Waals surface area contributed by atoms with E-state index in [-0.39, 0.29) is 0 Å². The van der Waals surface area contributed by atoms with Crippen LogP contribution in [0.25, 0.3) is 11.3 Å². The Hall–Kier alpha value is -3.38. The largest absolute Gasteiger partial charge is 0.489 e. The van der Waals surface area contributed by atoms with Crippen LogP contribution in [0.5, 0.6) is 11.5 Å². The predicted octanol–water partition coefficient (Wildman–Crippen LogP) is 5.39. The highest BCUT2D eigenvalue weighted by Crippen LogP contribution is 2.26. The average Bonchev–Trinajstić information content (AvgIpc) is 3.21. The molecule has 1 heterocycles. The van der Waals surface area contributed by atoms with E-state index in [0.717, 1.165) is 22.0 Å². The molecule has 0 fully saturated rings. The van der Waals surface area contributed by atoms with Gasteiger partial charge in [-0.2, -0.15) is 5.10 Å². The number of benzene rings is 2. The van der Waals surface area contributed by atoms with E-state index in [1.54, 1.807) is 18.4 Å². The highest BCUT2D eigenvalue weighted by atomic mass is 32.1. The summed E-state index contributed by atoms with van der Waals surface area (Å²) in [5.74, 6) is 1.37. The summed E-state index contributed by atoms with van der Waals surface area (Å²) in [5.41, 5.74) is 5.79. The van der Waals surface area contributed by atoms with Crippen LogP contribution in [0.3, 0.4) is 0 Å². The van der Waals surface area contributed by atoms with E-state index in [1.165, 1.54) is 11.3 Å². The second-order valence-electron chi connectivity index (χ2n) is 5.67. The fraction of sp³-hybridized carbons (Fsp3) is 0.0909. The van der Waals surface area contributed by atoms with Crippen molar-refractivity contribution >= 4 is 22.7 Å². The predicted molar refractivity (Wildman–Crippen MR) is 117 cm³/mol. The third kappa shape index (κ3) is 5.31. The molecule has 2 aromatic carbocycles. The molecule has 5 nitrogen and oxygen atoms in total. The van der Waals surface area contributed by atoms with Crippen molar-refractivity contribution in [1.82, 2.24) is 4.98 Å². The summed E-state index contributed by atoms with van der Waals surface area (Å²) in [7, 11) is 0. The molecule has 0 atom stereocenters. The summed E-state index contributed by atoms with van der Waals surface area (Å²) < 4.78 is 11.3. The molecule has 0 spiro atoms. The lowest BCUT2D eigenvalue weighted by atomic mass is 10.2. The van der Waals surface area contributed by atoms with Crippen molar-refractivity contribution in [2.75, 3.05) is 18.6 Å². The smallest absolute Gasteiger partial charge is 0.203 e. The molecule has 0 saturated heterocycles. The summed E-state index contributed by atoms with van der Waals surface area (Å²) in [6.07, 6.45) is 5.08. The number of hydrazone groups is 1. The van der Waals surface area contributed by atoms with Crippen LogP contribution in [0.15, 0.2) is 84.3 Å². The molecule has 0 saturated carbocycles. The van der Waals surface area contributed by atoms with Gasteiger partial charge in [0.25, 0.3) is 0 Å². The van der Waals surface area contributed by atoms with Crippen molar-refractivity contribution < 1.29 is 9.47 Å². The second kappa shape index (κ2) is 10.1. The first kappa shape index (κ1) is 19.4. The molecule has 1 N–H and O–H groups in total. The first-order chi connectivity index (χ1) is 13.8.